The number of imidazole rings is 1. The number of nitrogens with one attached hydrogen (secondary N) is 2. The third-order valence-corrected chi connectivity index (χ3v) is 6.94. The number of nitrogens with zero attached hydrogens (tertiary/aromatic N) is 6. The van der Waals surface area contributed by atoms with E-state index < -0.39 is 0 Å². The van der Waals surface area contributed by atoms with Crippen molar-refractivity contribution in [2.45, 2.75) is 32.7 Å². The van der Waals surface area contributed by atoms with Crippen LogP contribution in [-0.2, 0) is 11.3 Å². The zero-order valence-corrected chi connectivity index (χ0v) is 20.4. The molecule has 6 rings (SSSR count). The SMILES string of the molecule is Cc1cc(-c2ccc3nc(Nc4cc(CN5CCN(C(=O)CC6CC6)CC5)ccn4)[nH]c3c2)ncn1. The van der Waals surface area contributed by atoms with E-state index in [9.17, 15) is 4.79 Å². The molecular weight excluding hydrogens is 452 g/mol. The molecule has 36 heavy (non-hydrogen) atoms. The fourth-order valence-electron chi connectivity index (χ4n) is 4.71. The monoisotopic (exact) mass is 482 g/mol. The van der Waals surface area contributed by atoms with Crippen LogP contribution in [-0.4, -0.2) is 66.8 Å². The van der Waals surface area contributed by atoms with Gasteiger partial charge in [0.1, 0.15) is 12.1 Å². The van der Waals surface area contributed by atoms with Gasteiger partial charge in [0, 0.05) is 56.6 Å². The van der Waals surface area contributed by atoms with Gasteiger partial charge in [-0.3, -0.25) is 9.69 Å². The zero-order valence-electron chi connectivity index (χ0n) is 20.4. The number of amides is 1. The summed E-state index contributed by atoms with van der Waals surface area (Å²) in [6, 6.07) is 12.1. The molecule has 3 aromatic heterocycles. The molecule has 2 fully saturated rings. The number of hydrogen-bond acceptors (Lipinski definition) is 7. The molecule has 184 valence electrons. The number of carbonyl (C=O) groups excluding carboxylic acids is 1. The first kappa shape index (κ1) is 22.6. The van der Waals surface area contributed by atoms with Gasteiger partial charge in [-0.25, -0.2) is 19.9 Å². The van der Waals surface area contributed by atoms with Crippen molar-refractivity contribution in [1.29, 1.82) is 0 Å². The second kappa shape index (κ2) is 9.66. The highest BCUT2D eigenvalue weighted by Gasteiger charge is 2.28. The second-order valence-electron chi connectivity index (χ2n) is 9.84. The fraction of sp³-hybridized carbons (Fsp3) is 0.370. The van der Waals surface area contributed by atoms with E-state index in [1.807, 2.05) is 48.4 Å². The number of pyridine rings is 1. The van der Waals surface area contributed by atoms with E-state index in [-0.39, 0.29) is 0 Å². The lowest BCUT2D eigenvalue weighted by molar-refractivity contribution is -0.133. The Balaban J connectivity index is 1.09. The summed E-state index contributed by atoms with van der Waals surface area (Å²) in [5.41, 5.74) is 5.81. The normalized spacial score (nSPS) is 16.4. The molecular formula is C27H30N8O. The van der Waals surface area contributed by atoms with Crippen LogP contribution in [0, 0.1) is 12.8 Å². The number of fused-ring (bicyclic) bond motifs is 1. The van der Waals surface area contributed by atoms with E-state index >= 15 is 0 Å². The number of anilines is 2. The quantitative estimate of drug-likeness (QED) is 0.412. The van der Waals surface area contributed by atoms with E-state index in [2.05, 4.69) is 41.2 Å². The molecule has 0 radical (unpaired) electrons. The Labute approximate surface area is 210 Å². The molecule has 1 saturated heterocycles. The average Bonchev–Trinajstić information content (AvgIpc) is 3.60. The van der Waals surface area contributed by atoms with Gasteiger partial charge in [0.05, 0.1) is 16.7 Å². The molecule has 0 bridgehead atoms. The lowest BCUT2D eigenvalue weighted by Gasteiger charge is -2.34. The van der Waals surface area contributed by atoms with Gasteiger partial charge >= 0.3 is 0 Å². The topological polar surface area (TPSA) is 103 Å². The molecule has 9 nitrogen and oxygen atoms in total. The number of carbonyl (C=O) groups is 1. The van der Waals surface area contributed by atoms with Gasteiger partial charge in [-0.15, -0.1) is 0 Å². The molecule has 4 aromatic rings. The Hall–Kier alpha value is -3.85. The van der Waals surface area contributed by atoms with Crippen molar-refractivity contribution in [1.82, 2.24) is 34.7 Å². The highest BCUT2D eigenvalue weighted by molar-refractivity contribution is 5.83. The maximum atomic E-state index is 12.4. The molecule has 0 atom stereocenters. The Morgan fingerprint density at radius 2 is 1.92 bits per heavy atom. The molecule has 1 aliphatic carbocycles. The first-order valence-electron chi connectivity index (χ1n) is 12.6. The van der Waals surface area contributed by atoms with Crippen LogP contribution in [0.3, 0.4) is 0 Å². The van der Waals surface area contributed by atoms with Crippen LogP contribution in [0.25, 0.3) is 22.3 Å². The van der Waals surface area contributed by atoms with Crippen LogP contribution < -0.4 is 5.32 Å². The molecule has 1 amide bonds. The van der Waals surface area contributed by atoms with Gasteiger partial charge in [-0.2, -0.15) is 0 Å². The molecule has 1 aromatic carbocycles. The Morgan fingerprint density at radius 3 is 2.72 bits per heavy atom. The van der Waals surface area contributed by atoms with Crippen LogP contribution in [0.2, 0.25) is 0 Å². The van der Waals surface area contributed by atoms with Crippen molar-refractivity contribution in [2.24, 2.45) is 5.92 Å². The lowest BCUT2D eigenvalue weighted by atomic mass is 10.1. The number of H-pyrrole nitrogens is 1. The summed E-state index contributed by atoms with van der Waals surface area (Å²) >= 11 is 0. The van der Waals surface area contributed by atoms with Crippen LogP contribution in [0.1, 0.15) is 30.5 Å². The average molecular weight is 483 g/mol. The lowest BCUT2D eigenvalue weighted by Crippen LogP contribution is -2.48. The van der Waals surface area contributed by atoms with E-state index in [4.69, 9.17) is 0 Å². The minimum absolute atomic E-state index is 0.331. The predicted octanol–water partition coefficient (Wildman–Crippen LogP) is 3.91. The number of aryl methyl sites for hydroxylation is 1. The summed E-state index contributed by atoms with van der Waals surface area (Å²) in [6.07, 6.45) is 6.60. The maximum absolute atomic E-state index is 12.4. The Morgan fingerprint density at radius 1 is 1.06 bits per heavy atom. The third-order valence-electron chi connectivity index (χ3n) is 6.94. The van der Waals surface area contributed by atoms with Gasteiger partial charge in [-0.05, 0) is 61.6 Å². The summed E-state index contributed by atoms with van der Waals surface area (Å²) in [6.45, 7) is 6.23. The Bertz CT molecular complexity index is 1390. The smallest absolute Gasteiger partial charge is 0.222 e. The van der Waals surface area contributed by atoms with Crippen LogP contribution in [0.5, 0.6) is 0 Å². The first-order valence-corrected chi connectivity index (χ1v) is 12.6. The predicted molar refractivity (Wildman–Crippen MR) is 139 cm³/mol. The van der Waals surface area contributed by atoms with Crippen molar-refractivity contribution < 1.29 is 4.79 Å². The van der Waals surface area contributed by atoms with E-state index in [1.54, 1.807) is 6.33 Å². The van der Waals surface area contributed by atoms with Crippen LogP contribution >= 0.6 is 0 Å². The van der Waals surface area contributed by atoms with Gasteiger partial charge in [0.15, 0.2) is 0 Å². The molecule has 1 saturated carbocycles. The number of hydrogen-bond donors (Lipinski definition) is 2. The van der Waals surface area contributed by atoms with E-state index in [1.165, 1.54) is 18.4 Å². The molecule has 0 unspecified atom stereocenters. The Kier molecular flexibility index (Phi) is 6.06. The van der Waals surface area contributed by atoms with Gasteiger partial charge in [0.25, 0.3) is 0 Å². The van der Waals surface area contributed by atoms with Crippen molar-refractivity contribution in [3.05, 3.63) is 60.2 Å². The largest absolute Gasteiger partial charge is 0.340 e. The maximum Gasteiger partial charge on any atom is 0.222 e. The molecule has 1 aliphatic heterocycles. The summed E-state index contributed by atoms with van der Waals surface area (Å²) < 4.78 is 0. The van der Waals surface area contributed by atoms with Gasteiger partial charge < -0.3 is 15.2 Å². The van der Waals surface area contributed by atoms with Crippen LogP contribution in [0.15, 0.2) is 48.9 Å². The summed E-state index contributed by atoms with van der Waals surface area (Å²) in [5, 5.41) is 3.31. The minimum atomic E-state index is 0.331. The number of piperazine rings is 1. The van der Waals surface area contributed by atoms with E-state index in [0.29, 0.717) is 17.8 Å². The fourth-order valence-corrected chi connectivity index (χ4v) is 4.71. The number of aromatic nitrogens is 5. The highest BCUT2D eigenvalue weighted by Crippen LogP contribution is 2.33. The summed E-state index contributed by atoms with van der Waals surface area (Å²) in [7, 11) is 0. The standard InChI is InChI=1S/C27H30N8O/c1-18-12-23(30-17-29-18)21-4-5-22-24(15-21)32-27(31-22)33-25-13-20(6-7-28-25)16-34-8-10-35(11-9-34)26(36)14-19-2-3-19/h4-7,12-13,15,17,19H,2-3,8-11,14,16H2,1H3,(H2,28,31,32,33). The minimum Gasteiger partial charge on any atom is -0.340 e. The summed E-state index contributed by atoms with van der Waals surface area (Å²) in [5.74, 6) is 2.37. The van der Waals surface area contributed by atoms with Gasteiger partial charge in [-0.1, -0.05) is 6.07 Å². The highest BCUT2D eigenvalue weighted by atomic mass is 16.2. The molecule has 0 spiro atoms. The molecule has 2 aliphatic rings. The summed E-state index contributed by atoms with van der Waals surface area (Å²) in [4.78, 5) is 37.9. The number of rotatable bonds is 7. The second-order valence-corrected chi connectivity index (χ2v) is 9.84. The molecule has 9 heteroatoms. The van der Waals surface area contributed by atoms with Crippen molar-refractivity contribution >= 4 is 28.7 Å². The third kappa shape index (κ3) is 5.21. The van der Waals surface area contributed by atoms with Crippen molar-refractivity contribution in [3.63, 3.8) is 0 Å². The first-order chi connectivity index (χ1) is 17.6. The van der Waals surface area contributed by atoms with E-state index in [0.717, 1.165) is 72.9 Å². The number of aromatic amines is 1. The van der Waals surface area contributed by atoms with Crippen LogP contribution in [0.4, 0.5) is 11.8 Å². The molecule has 4 heterocycles. The molecule has 2 N–H and O–H groups in total. The zero-order chi connectivity index (χ0) is 24.5. The van der Waals surface area contributed by atoms with Crippen molar-refractivity contribution in [2.75, 3.05) is 31.5 Å². The van der Waals surface area contributed by atoms with Crippen molar-refractivity contribution in [3.8, 4) is 11.3 Å². The number of benzene rings is 1. The van der Waals surface area contributed by atoms with Gasteiger partial charge in [0.2, 0.25) is 11.9 Å².